The molecule has 0 unspecified atom stereocenters. The first-order valence-corrected chi connectivity index (χ1v) is 5.36. The number of rotatable bonds is 5. The first-order chi connectivity index (χ1) is 8.00. The van der Waals surface area contributed by atoms with Gasteiger partial charge in [0.25, 0.3) is 6.43 Å². The number of nitrogens with zero attached hydrogens (tertiary/aromatic N) is 1. The van der Waals surface area contributed by atoms with Crippen molar-refractivity contribution >= 4 is 11.6 Å². The third-order valence-electron chi connectivity index (χ3n) is 2.50. The molecule has 0 aromatic heterocycles. The highest BCUT2D eigenvalue weighted by Crippen LogP contribution is 2.13. The maximum absolute atomic E-state index is 12.1. The number of carbonyl (C=O) groups excluding carboxylic acids is 1. The monoisotopic (exact) mass is 242 g/mol. The Labute approximate surface area is 99.2 Å². The van der Waals surface area contributed by atoms with Gasteiger partial charge in [-0.25, -0.2) is 8.78 Å². The Balaban J connectivity index is 2.46. The zero-order valence-corrected chi connectivity index (χ0v) is 9.70. The van der Waals surface area contributed by atoms with Crippen LogP contribution < -0.4 is 5.73 Å². The average molecular weight is 242 g/mol. The molecule has 17 heavy (non-hydrogen) atoms. The SMILES string of the molecule is CN(CC(F)F)C(=O)CCc1ccccc1N. The summed E-state index contributed by atoms with van der Waals surface area (Å²) in [4.78, 5) is 12.6. The molecule has 2 N–H and O–H groups in total. The maximum atomic E-state index is 12.1. The number of anilines is 1. The van der Waals surface area contributed by atoms with Crippen molar-refractivity contribution in [1.29, 1.82) is 0 Å². The molecule has 0 atom stereocenters. The van der Waals surface area contributed by atoms with E-state index < -0.39 is 13.0 Å². The van der Waals surface area contributed by atoms with Gasteiger partial charge in [-0.05, 0) is 18.1 Å². The van der Waals surface area contributed by atoms with Crippen LogP contribution in [0.4, 0.5) is 14.5 Å². The Morgan fingerprint density at radius 2 is 2.06 bits per heavy atom. The number of halogens is 2. The molecule has 0 aliphatic rings. The van der Waals surface area contributed by atoms with E-state index in [0.29, 0.717) is 12.1 Å². The number of amides is 1. The summed E-state index contributed by atoms with van der Waals surface area (Å²) in [5.74, 6) is -0.298. The smallest absolute Gasteiger partial charge is 0.255 e. The van der Waals surface area contributed by atoms with E-state index in [-0.39, 0.29) is 12.3 Å². The van der Waals surface area contributed by atoms with Crippen molar-refractivity contribution in [1.82, 2.24) is 4.90 Å². The predicted octanol–water partition coefficient (Wildman–Crippen LogP) is 1.92. The molecule has 0 bridgehead atoms. The van der Waals surface area contributed by atoms with E-state index in [4.69, 9.17) is 5.73 Å². The molecular formula is C12H16F2N2O. The first kappa shape index (κ1) is 13.4. The average Bonchev–Trinajstić information content (AvgIpc) is 2.26. The molecule has 0 heterocycles. The van der Waals surface area contributed by atoms with Crippen molar-refractivity contribution in [2.45, 2.75) is 19.3 Å². The molecule has 1 aromatic rings. The second-order valence-electron chi connectivity index (χ2n) is 3.86. The van der Waals surface area contributed by atoms with E-state index in [1.807, 2.05) is 18.2 Å². The van der Waals surface area contributed by atoms with Gasteiger partial charge >= 0.3 is 0 Å². The Morgan fingerprint density at radius 1 is 1.41 bits per heavy atom. The molecule has 0 radical (unpaired) electrons. The van der Waals surface area contributed by atoms with E-state index >= 15 is 0 Å². The van der Waals surface area contributed by atoms with E-state index in [0.717, 1.165) is 10.5 Å². The van der Waals surface area contributed by atoms with Crippen LogP contribution in [0.1, 0.15) is 12.0 Å². The van der Waals surface area contributed by atoms with E-state index in [9.17, 15) is 13.6 Å². The van der Waals surface area contributed by atoms with Crippen LogP contribution in [-0.4, -0.2) is 30.8 Å². The number of para-hydroxylation sites is 1. The van der Waals surface area contributed by atoms with Crippen molar-refractivity contribution in [2.24, 2.45) is 0 Å². The highest BCUT2D eigenvalue weighted by atomic mass is 19.3. The second kappa shape index (κ2) is 6.18. The van der Waals surface area contributed by atoms with Gasteiger partial charge < -0.3 is 10.6 Å². The molecule has 94 valence electrons. The van der Waals surface area contributed by atoms with Gasteiger partial charge in [0, 0.05) is 19.2 Å². The van der Waals surface area contributed by atoms with Crippen LogP contribution in [-0.2, 0) is 11.2 Å². The number of alkyl halides is 2. The molecule has 5 heteroatoms. The number of nitrogen functional groups attached to an aromatic ring is 1. The first-order valence-electron chi connectivity index (χ1n) is 5.36. The van der Waals surface area contributed by atoms with Crippen LogP contribution in [0.3, 0.4) is 0 Å². The van der Waals surface area contributed by atoms with E-state index in [2.05, 4.69) is 0 Å². The number of benzene rings is 1. The Bertz CT molecular complexity index is 383. The van der Waals surface area contributed by atoms with Gasteiger partial charge in [-0.15, -0.1) is 0 Å². The lowest BCUT2D eigenvalue weighted by Gasteiger charge is -2.16. The van der Waals surface area contributed by atoms with Crippen LogP contribution >= 0.6 is 0 Å². The van der Waals surface area contributed by atoms with Gasteiger partial charge in [0.15, 0.2) is 0 Å². The zero-order chi connectivity index (χ0) is 12.8. The van der Waals surface area contributed by atoms with Crippen LogP contribution in [0.5, 0.6) is 0 Å². The highest BCUT2D eigenvalue weighted by molar-refractivity contribution is 5.76. The molecule has 0 aliphatic heterocycles. The summed E-state index contributed by atoms with van der Waals surface area (Å²) >= 11 is 0. The lowest BCUT2D eigenvalue weighted by molar-refractivity contribution is -0.131. The quantitative estimate of drug-likeness (QED) is 0.802. The lowest BCUT2D eigenvalue weighted by atomic mass is 10.1. The summed E-state index contributed by atoms with van der Waals surface area (Å²) in [6.07, 6.45) is -1.83. The molecule has 1 amide bonds. The van der Waals surface area contributed by atoms with Crippen LogP contribution in [0.25, 0.3) is 0 Å². The van der Waals surface area contributed by atoms with Gasteiger partial charge in [-0.1, -0.05) is 18.2 Å². The molecule has 0 aliphatic carbocycles. The molecule has 1 rings (SSSR count). The second-order valence-corrected chi connectivity index (χ2v) is 3.86. The highest BCUT2D eigenvalue weighted by Gasteiger charge is 2.13. The summed E-state index contributed by atoms with van der Waals surface area (Å²) in [5.41, 5.74) is 7.21. The van der Waals surface area contributed by atoms with Gasteiger partial charge in [-0.3, -0.25) is 4.79 Å². The zero-order valence-electron chi connectivity index (χ0n) is 9.70. The normalized spacial score (nSPS) is 10.6. The van der Waals surface area contributed by atoms with Crippen LogP contribution in [0.2, 0.25) is 0 Å². The van der Waals surface area contributed by atoms with E-state index in [1.165, 1.54) is 7.05 Å². The van der Waals surface area contributed by atoms with Gasteiger partial charge in [0.2, 0.25) is 5.91 Å². The summed E-state index contributed by atoms with van der Waals surface area (Å²) in [6.45, 7) is -0.525. The fourth-order valence-electron chi connectivity index (χ4n) is 1.50. The minimum absolute atomic E-state index is 0.192. The van der Waals surface area contributed by atoms with Crippen LogP contribution in [0, 0.1) is 0 Å². The number of hydrogen-bond donors (Lipinski definition) is 1. The van der Waals surface area contributed by atoms with Crippen molar-refractivity contribution in [3.63, 3.8) is 0 Å². The Morgan fingerprint density at radius 3 is 2.65 bits per heavy atom. The standard InChI is InChI=1S/C12H16F2N2O/c1-16(8-11(13)14)12(17)7-6-9-4-2-3-5-10(9)15/h2-5,11H,6-8,15H2,1H3. The minimum atomic E-state index is -2.49. The molecule has 1 aromatic carbocycles. The molecule has 0 fully saturated rings. The van der Waals surface area contributed by atoms with E-state index in [1.54, 1.807) is 6.07 Å². The minimum Gasteiger partial charge on any atom is -0.399 e. The lowest BCUT2D eigenvalue weighted by Crippen LogP contribution is -2.31. The van der Waals surface area contributed by atoms with Crippen LogP contribution in [0.15, 0.2) is 24.3 Å². The Kier molecular flexibility index (Phi) is 4.87. The number of hydrogen-bond acceptors (Lipinski definition) is 2. The fraction of sp³-hybridized carbons (Fsp3) is 0.417. The Hall–Kier alpha value is -1.65. The topological polar surface area (TPSA) is 46.3 Å². The summed E-state index contributed by atoms with van der Waals surface area (Å²) < 4.78 is 24.1. The largest absolute Gasteiger partial charge is 0.399 e. The summed E-state index contributed by atoms with van der Waals surface area (Å²) in [5, 5.41) is 0. The molecule has 3 nitrogen and oxygen atoms in total. The summed E-state index contributed by atoms with van der Waals surface area (Å²) in [6, 6.07) is 7.22. The molecular weight excluding hydrogens is 226 g/mol. The third kappa shape index (κ3) is 4.38. The number of aryl methyl sites for hydroxylation is 1. The maximum Gasteiger partial charge on any atom is 0.255 e. The summed E-state index contributed by atoms with van der Waals surface area (Å²) in [7, 11) is 1.38. The third-order valence-corrected chi connectivity index (χ3v) is 2.50. The van der Waals surface area contributed by atoms with Crippen molar-refractivity contribution in [3.05, 3.63) is 29.8 Å². The fourth-order valence-corrected chi connectivity index (χ4v) is 1.50. The number of nitrogens with two attached hydrogens (primary N) is 1. The molecule has 0 saturated carbocycles. The number of carbonyl (C=O) groups is 1. The van der Waals surface area contributed by atoms with Gasteiger partial charge in [0.1, 0.15) is 0 Å². The van der Waals surface area contributed by atoms with Crippen molar-refractivity contribution < 1.29 is 13.6 Å². The van der Waals surface area contributed by atoms with Crippen molar-refractivity contribution in [2.75, 3.05) is 19.3 Å². The predicted molar refractivity (Wildman–Crippen MR) is 62.8 cm³/mol. The van der Waals surface area contributed by atoms with Gasteiger partial charge in [-0.2, -0.15) is 0 Å². The molecule has 0 saturated heterocycles. The van der Waals surface area contributed by atoms with Crippen molar-refractivity contribution in [3.8, 4) is 0 Å². The molecule has 0 spiro atoms. The van der Waals surface area contributed by atoms with Gasteiger partial charge in [0.05, 0.1) is 6.54 Å².